The highest BCUT2D eigenvalue weighted by Gasteiger charge is 2.13. The molecular weight excluding hydrogens is 202 g/mol. The van der Waals surface area contributed by atoms with E-state index < -0.39 is 0 Å². The van der Waals surface area contributed by atoms with Gasteiger partial charge in [0.25, 0.3) is 0 Å². The molecule has 0 amide bonds. The minimum absolute atomic E-state index is 0.685. The summed E-state index contributed by atoms with van der Waals surface area (Å²) >= 11 is 0. The van der Waals surface area contributed by atoms with Crippen LogP contribution in [0.5, 0.6) is 0 Å². The Morgan fingerprint density at radius 3 is 2.88 bits per heavy atom. The lowest BCUT2D eigenvalue weighted by molar-refractivity contribution is 0.0257. The molecule has 0 radical (unpaired) electrons. The molecule has 3 nitrogen and oxygen atoms in total. The van der Waals surface area contributed by atoms with Gasteiger partial charge in [-0.15, -0.1) is 0 Å². The lowest BCUT2D eigenvalue weighted by Gasteiger charge is -2.21. The molecule has 0 spiro atoms. The first-order chi connectivity index (χ1) is 7.83. The molecule has 1 heterocycles. The third kappa shape index (κ3) is 6.26. The number of ether oxygens (including phenoxy) is 2. The molecule has 3 heteroatoms. The van der Waals surface area contributed by atoms with Crippen molar-refractivity contribution in [2.75, 3.05) is 39.5 Å². The van der Waals surface area contributed by atoms with Crippen molar-refractivity contribution >= 4 is 0 Å². The van der Waals surface area contributed by atoms with Gasteiger partial charge in [0.2, 0.25) is 0 Å². The second-order valence-electron chi connectivity index (χ2n) is 4.50. The van der Waals surface area contributed by atoms with E-state index in [-0.39, 0.29) is 0 Å². The fraction of sp³-hybridized carbons (Fsp3) is 0.846. The Hall–Kier alpha value is -0.380. The Labute approximate surface area is 99.2 Å². The fourth-order valence-electron chi connectivity index (χ4n) is 1.78. The van der Waals surface area contributed by atoms with E-state index in [0.717, 1.165) is 57.7 Å². The van der Waals surface area contributed by atoms with Crippen LogP contribution in [0, 0.1) is 5.92 Å². The van der Waals surface area contributed by atoms with E-state index in [9.17, 15) is 0 Å². The van der Waals surface area contributed by atoms with Gasteiger partial charge in [-0.05, 0) is 37.3 Å². The third-order valence-corrected chi connectivity index (χ3v) is 2.80. The molecule has 0 aromatic rings. The van der Waals surface area contributed by atoms with E-state index >= 15 is 0 Å². The van der Waals surface area contributed by atoms with Gasteiger partial charge in [-0.2, -0.15) is 0 Å². The predicted octanol–water partition coefficient (Wildman–Crippen LogP) is 1.99. The van der Waals surface area contributed by atoms with Crippen molar-refractivity contribution in [3.05, 3.63) is 12.2 Å². The van der Waals surface area contributed by atoms with Gasteiger partial charge in [0.05, 0.1) is 6.61 Å². The van der Waals surface area contributed by atoms with Gasteiger partial charge in [0.1, 0.15) is 0 Å². The highest BCUT2D eigenvalue weighted by Crippen LogP contribution is 2.14. The van der Waals surface area contributed by atoms with Crippen LogP contribution in [0.25, 0.3) is 0 Å². The van der Waals surface area contributed by atoms with Gasteiger partial charge in [0.15, 0.2) is 0 Å². The second kappa shape index (κ2) is 8.74. The van der Waals surface area contributed by atoms with Crippen LogP contribution in [-0.4, -0.2) is 39.5 Å². The van der Waals surface area contributed by atoms with E-state index in [1.807, 2.05) is 0 Å². The Morgan fingerprint density at radius 2 is 2.19 bits per heavy atom. The second-order valence-corrected chi connectivity index (χ2v) is 4.50. The summed E-state index contributed by atoms with van der Waals surface area (Å²) in [5, 5.41) is 3.32. The monoisotopic (exact) mass is 227 g/mol. The first-order valence-corrected chi connectivity index (χ1v) is 6.35. The van der Waals surface area contributed by atoms with Crippen molar-refractivity contribution in [3.63, 3.8) is 0 Å². The fourth-order valence-corrected chi connectivity index (χ4v) is 1.78. The summed E-state index contributed by atoms with van der Waals surface area (Å²) in [4.78, 5) is 0. The normalized spacial score (nSPS) is 17.6. The van der Waals surface area contributed by atoms with Crippen LogP contribution in [-0.2, 0) is 9.47 Å². The molecule has 1 aliphatic heterocycles. The molecule has 0 aliphatic carbocycles. The Kier molecular flexibility index (Phi) is 7.47. The number of hydrogen-bond donors (Lipinski definition) is 1. The van der Waals surface area contributed by atoms with Gasteiger partial charge in [-0.1, -0.05) is 13.5 Å². The van der Waals surface area contributed by atoms with Crippen LogP contribution in [0.1, 0.15) is 26.2 Å². The molecule has 1 rings (SSSR count). The van der Waals surface area contributed by atoms with E-state index in [1.54, 1.807) is 0 Å². The smallest absolute Gasteiger partial charge is 0.0686 e. The molecule has 1 saturated heterocycles. The topological polar surface area (TPSA) is 30.5 Å². The predicted molar refractivity (Wildman–Crippen MR) is 66.7 cm³/mol. The zero-order valence-electron chi connectivity index (χ0n) is 10.5. The summed E-state index contributed by atoms with van der Waals surface area (Å²) < 4.78 is 11.0. The van der Waals surface area contributed by atoms with Crippen LogP contribution < -0.4 is 5.32 Å². The molecule has 1 aliphatic rings. The van der Waals surface area contributed by atoms with Crippen molar-refractivity contribution in [3.8, 4) is 0 Å². The average Bonchev–Trinajstić information content (AvgIpc) is 2.31. The highest BCUT2D eigenvalue weighted by molar-refractivity contribution is 4.96. The molecule has 0 aromatic carbocycles. The summed E-state index contributed by atoms with van der Waals surface area (Å²) in [6, 6.07) is 0. The maximum atomic E-state index is 5.67. The molecule has 0 saturated carbocycles. The molecule has 0 bridgehead atoms. The molecule has 0 unspecified atom stereocenters. The van der Waals surface area contributed by atoms with Crippen molar-refractivity contribution in [2.24, 2.45) is 5.92 Å². The van der Waals surface area contributed by atoms with E-state index in [2.05, 4.69) is 18.8 Å². The van der Waals surface area contributed by atoms with Gasteiger partial charge in [0, 0.05) is 26.4 Å². The average molecular weight is 227 g/mol. The van der Waals surface area contributed by atoms with Gasteiger partial charge >= 0.3 is 0 Å². The lowest BCUT2D eigenvalue weighted by Crippen LogP contribution is -2.22. The van der Waals surface area contributed by atoms with Crippen molar-refractivity contribution < 1.29 is 9.47 Å². The SMILES string of the molecule is C=C(CNCCC)COCC1CCOCC1. The van der Waals surface area contributed by atoms with E-state index in [0.29, 0.717) is 12.5 Å². The molecule has 16 heavy (non-hydrogen) atoms. The zero-order valence-corrected chi connectivity index (χ0v) is 10.5. The Morgan fingerprint density at radius 1 is 1.44 bits per heavy atom. The molecule has 1 fully saturated rings. The summed E-state index contributed by atoms with van der Waals surface area (Å²) in [6.45, 7) is 11.4. The minimum Gasteiger partial charge on any atom is -0.381 e. The third-order valence-electron chi connectivity index (χ3n) is 2.80. The van der Waals surface area contributed by atoms with Crippen LogP contribution in [0.4, 0.5) is 0 Å². The largest absolute Gasteiger partial charge is 0.381 e. The Bertz CT molecular complexity index is 188. The zero-order chi connectivity index (χ0) is 11.6. The van der Waals surface area contributed by atoms with Crippen LogP contribution in [0.2, 0.25) is 0 Å². The molecular formula is C13H25NO2. The number of nitrogens with one attached hydrogen (secondary N) is 1. The quantitative estimate of drug-likeness (QED) is 0.508. The van der Waals surface area contributed by atoms with Crippen LogP contribution >= 0.6 is 0 Å². The molecule has 1 N–H and O–H groups in total. The first kappa shape index (κ1) is 13.7. The van der Waals surface area contributed by atoms with Crippen LogP contribution in [0.15, 0.2) is 12.2 Å². The standard InChI is InChI=1S/C13H25NO2/c1-3-6-14-9-12(2)10-16-11-13-4-7-15-8-5-13/h13-14H,2-11H2,1H3. The maximum absolute atomic E-state index is 5.67. The summed E-state index contributed by atoms with van der Waals surface area (Å²) in [7, 11) is 0. The van der Waals surface area contributed by atoms with Gasteiger partial charge in [-0.25, -0.2) is 0 Å². The highest BCUT2D eigenvalue weighted by atomic mass is 16.5. The summed E-state index contributed by atoms with van der Waals surface area (Å²) in [5.41, 5.74) is 1.14. The van der Waals surface area contributed by atoms with Gasteiger partial charge < -0.3 is 14.8 Å². The van der Waals surface area contributed by atoms with Crippen LogP contribution in [0.3, 0.4) is 0 Å². The Balaban J connectivity index is 1.94. The molecule has 0 atom stereocenters. The number of hydrogen-bond acceptors (Lipinski definition) is 3. The van der Waals surface area contributed by atoms with E-state index in [1.165, 1.54) is 0 Å². The summed E-state index contributed by atoms with van der Waals surface area (Å²) in [5.74, 6) is 0.685. The maximum Gasteiger partial charge on any atom is 0.0686 e. The molecule has 94 valence electrons. The molecule has 0 aromatic heterocycles. The van der Waals surface area contributed by atoms with Crippen molar-refractivity contribution in [2.45, 2.75) is 26.2 Å². The van der Waals surface area contributed by atoms with Crippen molar-refractivity contribution in [1.29, 1.82) is 0 Å². The first-order valence-electron chi connectivity index (χ1n) is 6.35. The summed E-state index contributed by atoms with van der Waals surface area (Å²) in [6.07, 6.45) is 3.44. The van der Waals surface area contributed by atoms with Crippen molar-refractivity contribution in [1.82, 2.24) is 5.32 Å². The minimum atomic E-state index is 0.685. The van der Waals surface area contributed by atoms with Gasteiger partial charge in [-0.3, -0.25) is 0 Å². The lowest BCUT2D eigenvalue weighted by atomic mass is 10.0. The van der Waals surface area contributed by atoms with E-state index in [4.69, 9.17) is 9.47 Å². The number of rotatable bonds is 8.